The van der Waals surface area contributed by atoms with Crippen molar-refractivity contribution in [3.8, 4) is 11.5 Å². The Balaban J connectivity index is 2.24. The first-order valence-electron chi connectivity index (χ1n) is 8.23. The molecule has 0 aliphatic heterocycles. The maximum absolute atomic E-state index is 12.6. The number of nitrogens with one attached hydrogen (secondary N) is 1. The van der Waals surface area contributed by atoms with Gasteiger partial charge < -0.3 is 24.3 Å². The molecule has 1 unspecified atom stereocenters. The van der Waals surface area contributed by atoms with Crippen LogP contribution in [0.2, 0.25) is 0 Å². The second-order valence-electron chi connectivity index (χ2n) is 5.67. The van der Waals surface area contributed by atoms with Crippen molar-refractivity contribution in [2.24, 2.45) is 0 Å². The minimum Gasteiger partial charge on any atom is -0.497 e. The Labute approximate surface area is 166 Å². The lowest BCUT2D eigenvalue weighted by Gasteiger charge is -2.15. The molecule has 8 nitrogen and oxygen atoms in total. The van der Waals surface area contributed by atoms with E-state index < -0.39 is 23.9 Å². The van der Waals surface area contributed by atoms with Gasteiger partial charge in [-0.1, -0.05) is 6.07 Å². The topological polar surface area (TPSA) is 100 Å². The Hall–Kier alpha value is -3.07. The van der Waals surface area contributed by atoms with E-state index in [2.05, 4.69) is 5.32 Å². The average molecular weight is 407 g/mol. The second-order valence-corrected chi connectivity index (χ2v) is 6.69. The van der Waals surface area contributed by atoms with Gasteiger partial charge in [0.25, 0.3) is 5.91 Å². The van der Waals surface area contributed by atoms with Crippen LogP contribution in [-0.4, -0.2) is 45.3 Å². The molecule has 1 amide bonds. The first kappa shape index (κ1) is 21.2. The normalized spacial score (nSPS) is 11.3. The Kier molecular flexibility index (Phi) is 7.00. The Morgan fingerprint density at radius 2 is 1.68 bits per heavy atom. The molecule has 0 aliphatic carbocycles. The van der Waals surface area contributed by atoms with Crippen LogP contribution in [0.25, 0.3) is 0 Å². The van der Waals surface area contributed by atoms with Crippen molar-refractivity contribution in [1.29, 1.82) is 0 Å². The molecule has 2 rings (SSSR count). The largest absolute Gasteiger partial charge is 0.497 e. The summed E-state index contributed by atoms with van der Waals surface area (Å²) in [7, 11) is 3.99. The van der Waals surface area contributed by atoms with Crippen LogP contribution in [0, 0.1) is 6.92 Å². The molecule has 1 heterocycles. The van der Waals surface area contributed by atoms with E-state index in [0.717, 1.165) is 11.3 Å². The average Bonchev–Trinajstić information content (AvgIpc) is 3.02. The smallest absolute Gasteiger partial charge is 0.348 e. The summed E-state index contributed by atoms with van der Waals surface area (Å²) in [6, 6.07) is 6.83. The summed E-state index contributed by atoms with van der Waals surface area (Å²) in [5.74, 6) is -0.720. The molecule has 0 fully saturated rings. The number of ether oxygens (including phenoxy) is 4. The van der Waals surface area contributed by atoms with Crippen LogP contribution in [0.3, 0.4) is 0 Å². The molecule has 9 heteroatoms. The van der Waals surface area contributed by atoms with E-state index in [1.807, 2.05) is 0 Å². The highest BCUT2D eigenvalue weighted by atomic mass is 32.1. The summed E-state index contributed by atoms with van der Waals surface area (Å²) in [6.45, 7) is 3.15. The van der Waals surface area contributed by atoms with Crippen molar-refractivity contribution in [3.63, 3.8) is 0 Å². The Morgan fingerprint density at radius 1 is 1.04 bits per heavy atom. The zero-order valence-corrected chi connectivity index (χ0v) is 17.0. The van der Waals surface area contributed by atoms with Gasteiger partial charge in [0.05, 0.1) is 26.9 Å². The maximum atomic E-state index is 12.6. The highest BCUT2D eigenvalue weighted by Crippen LogP contribution is 2.34. The zero-order valence-electron chi connectivity index (χ0n) is 16.2. The van der Waals surface area contributed by atoms with Crippen molar-refractivity contribution >= 4 is 34.2 Å². The third kappa shape index (κ3) is 4.61. The van der Waals surface area contributed by atoms with Crippen LogP contribution in [0.4, 0.5) is 5.00 Å². The molecule has 0 bridgehead atoms. The molecule has 0 spiro atoms. The number of rotatable bonds is 7. The lowest BCUT2D eigenvalue weighted by Crippen LogP contribution is -2.30. The lowest BCUT2D eigenvalue weighted by molar-refractivity contribution is -0.122. The van der Waals surface area contributed by atoms with E-state index >= 15 is 0 Å². The van der Waals surface area contributed by atoms with Crippen LogP contribution in [0.1, 0.15) is 32.5 Å². The van der Waals surface area contributed by atoms with Gasteiger partial charge in [-0.25, -0.2) is 9.59 Å². The van der Waals surface area contributed by atoms with E-state index in [0.29, 0.717) is 17.1 Å². The number of benzene rings is 1. The number of hydrogen-bond donors (Lipinski definition) is 1. The molecule has 0 saturated heterocycles. The van der Waals surface area contributed by atoms with Gasteiger partial charge in [-0.15, -0.1) is 11.3 Å². The molecule has 1 N–H and O–H groups in total. The number of thiophene rings is 1. The van der Waals surface area contributed by atoms with Crippen molar-refractivity contribution in [1.82, 2.24) is 0 Å². The van der Waals surface area contributed by atoms with Gasteiger partial charge >= 0.3 is 11.9 Å². The predicted octanol–water partition coefficient (Wildman–Crippen LogP) is 3.04. The molecule has 0 radical (unpaired) electrons. The second kappa shape index (κ2) is 9.23. The van der Waals surface area contributed by atoms with Gasteiger partial charge in [0.15, 0.2) is 6.10 Å². The molecule has 1 atom stereocenters. The molecule has 28 heavy (non-hydrogen) atoms. The highest BCUT2D eigenvalue weighted by molar-refractivity contribution is 7.18. The summed E-state index contributed by atoms with van der Waals surface area (Å²) in [4.78, 5) is 36.8. The third-order valence-electron chi connectivity index (χ3n) is 3.87. The molecular weight excluding hydrogens is 386 g/mol. The lowest BCUT2D eigenvalue weighted by atomic mass is 10.1. The van der Waals surface area contributed by atoms with Crippen LogP contribution in [0.15, 0.2) is 24.3 Å². The minimum absolute atomic E-state index is 0.106. The summed E-state index contributed by atoms with van der Waals surface area (Å²) in [6.07, 6.45) is -0.874. The SMILES string of the molecule is COC(=O)c1sc(NC(=O)C(C)Oc2cccc(OC)c2)c(C(=O)OC)c1C. The van der Waals surface area contributed by atoms with Gasteiger partial charge in [-0.2, -0.15) is 0 Å². The van der Waals surface area contributed by atoms with E-state index in [-0.39, 0.29) is 15.4 Å². The van der Waals surface area contributed by atoms with Crippen molar-refractivity contribution in [3.05, 3.63) is 40.3 Å². The van der Waals surface area contributed by atoms with Crippen LogP contribution >= 0.6 is 11.3 Å². The third-order valence-corrected chi connectivity index (χ3v) is 5.05. The van der Waals surface area contributed by atoms with Crippen molar-refractivity contribution in [2.75, 3.05) is 26.6 Å². The van der Waals surface area contributed by atoms with Gasteiger partial charge in [0, 0.05) is 6.07 Å². The quantitative estimate of drug-likeness (QED) is 0.704. The number of methoxy groups -OCH3 is 3. The number of carbonyl (C=O) groups excluding carboxylic acids is 3. The van der Waals surface area contributed by atoms with E-state index in [1.54, 1.807) is 38.1 Å². The van der Waals surface area contributed by atoms with E-state index in [1.165, 1.54) is 21.3 Å². The van der Waals surface area contributed by atoms with Crippen LogP contribution < -0.4 is 14.8 Å². The zero-order chi connectivity index (χ0) is 20.8. The molecule has 1 aromatic carbocycles. The van der Waals surface area contributed by atoms with Gasteiger partial charge in [-0.05, 0) is 31.5 Å². The number of hydrogen-bond acceptors (Lipinski definition) is 8. The summed E-state index contributed by atoms with van der Waals surface area (Å²) < 4.78 is 20.2. The Bertz CT molecular complexity index is 890. The highest BCUT2D eigenvalue weighted by Gasteiger charge is 2.28. The molecule has 1 aromatic heterocycles. The van der Waals surface area contributed by atoms with Gasteiger partial charge in [-0.3, -0.25) is 4.79 Å². The molecule has 150 valence electrons. The number of esters is 2. The standard InChI is InChI=1S/C19H21NO7S/c1-10-14(18(22)25-4)17(28-15(10)19(23)26-5)20-16(21)11(2)27-13-8-6-7-12(9-13)24-3/h6-9,11H,1-5H3,(H,20,21). The number of anilines is 1. The molecule has 0 saturated carbocycles. The summed E-state index contributed by atoms with van der Waals surface area (Å²) in [5.41, 5.74) is 0.482. The summed E-state index contributed by atoms with van der Waals surface area (Å²) >= 11 is 0.938. The van der Waals surface area contributed by atoms with Crippen LogP contribution in [-0.2, 0) is 14.3 Å². The van der Waals surface area contributed by atoms with Crippen molar-refractivity contribution < 1.29 is 33.3 Å². The molecule has 0 aliphatic rings. The van der Waals surface area contributed by atoms with E-state index in [4.69, 9.17) is 18.9 Å². The molecule has 2 aromatic rings. The van der Waals surface area contributed by atoms with E-state index in [9.17, 15) is 14.4 Å². The van der Waals surface area contributed by atoms with Gasteiger partial charge in [0.2, 0.25) is 0 Å². The van der Waals surface area contributed by atoms with Gasteiger partial charge in [0.1, 0.15) is 21.4 Å². The fourth-order valence-electron chi connectivity index (χ4n) is 2.38. The maximum Gasteiger partial charge on any atom is 0.348 e. The fourth-order valence-corrected chi connectivity index (χ4v) is 3.50. The number of carbonyl (C=O) groups is 3. The number of amides is 1. The first-order valence-corrected chi connectivity index (χ1v) is 9.05. The predicted molar refractivity (Wildman–Crippen MR) is 103 cm³/mol. The minimum atomic E-state index is -0.874. The molecular formula is C19H21NO7S. The summed E-state index contributed by atoms with van der Waals surface area (Å²) in [5, 5.41) is 2.82. The Morgan fingerprint density at radius 3 is 2.29 bits per heavy atom. The van der Waals surface area contributed by atoms with Crippen LogP contribution in [0.5, 0.6) is 11.5 Å². The van der Waals surface area contributed by atoms with Crippen molar-refractivity contribution in [2.45, 2.75) is 20.0 Å². The fraction of sp³-hybridized carbons (Fsp3) is 0.316. The first-order chi connectivity index (χ1) is 13.3. The monoisotopic (exact) mass is 407 g/mol.